The molecule has 2 rings (SSSR count). The molecule has 0 aliphatic rings. The van der Waals surface area contributed by atoms with Gasteiger partial charge >= 0.3 is 5.97 Å². The molecule has 0 amide bonds. The van der Waals surface area contributed by atoms with Crippen molar-refractivity contribution in [3.8, 4) is 16.9 Å². The molecule has 1 aromatic carbocycles. The van der Waals surface area contributed by atoms with Gasteiger partial charge in [-0.15, -0.1) is 0 Å². The summed E-state index contributed by atoms with van der Waals surface area (Å²) in [5.41, 5.74) is 0.824. The van der Waals surface area contributed by atoms with Gasteiger partial charge in [0, 0.05) is 12.6 Å². The highest BCUT2D eigenvalue weighted by atomic mass is 19.1. The summed E-state index contributed by atoms with van der Waals surface area (Å²) < 4.78 is 19.6. The van der Waals surface area contributed by atoms with Crippen LogP contribution >= 0.6 is 0 Å². The fourth-order valence-corrected chi connectivity index (χ4v) is 1.74. The van der Waals surface area contributed by atoms with Gasteiger partial charge in [0.05, 0.1) is 13.3 Å². The fraction of sp³-hybridized carbons (Fsp3) is 0.167. The van der Waals surface area contributed by atoms with E-state index in [4.69, 9.17) is 9.84 Å². The van der Waals surface area contributed by atoms with Gasteiger partial charge < -0.3 is 9.84 Å². The normalized spacial score (nSPS) is 10.4. The number of aromatic nitrogens is 2. The number of hydrogen-bond donors (Lipinski definition) is 1. The first-order valence-electron chi connectivity index (χ1n) is 5.13. The Bertz CT molecular complexity index is 607. The minimum Gasteiger partial charge on any atom is -0.494 e. The van der Waals surface area contributed by atoms with Gasteiger partial charge in [-0.2, -0.15) is 5.10 Å². The number of ether oxygens (including phenoxy) is 1. The van der Waals surface area contributed by atoms with Gasteiger partial charge in [-0.05, 0) is 17.7 Å². The molecule has 0 unspecified atom stereocenters. The zero-order valence-electron chi connectivity index (χ0n) is 9.85. The van der Waals surface area contributed by atoms with Crippen LogP contribution in [0.5, 0.6) is 5.75 Å². The first-order chi connectivity index (χ1) is 8.54. The largest absolute Gasteiger partial charge is 0.494 e. The molecule has 0 fully saturated rings. The number of aryl methyl sites for hydroxylation is 1. The number of carbonyl (C=O) groups is 1. The molecule has 0 saturated heterocycles. The van der Waals surface area contributed by atoms with E-state index in [0.29, 0.717) is 11.1 Å². The highest BCUT2D eigenvalue weighted by molar-refractivity contribution is 5.94. The van der Waals surface area contributed by atoms with Crippen LogP contribution in [0.1, 0.15) is 10.5 Å². The van der Waals surface area contributed by atoms with E-state index in [0.717, 1.165) is 0 Å². The zero-order valence-corrected chi connectivity index (χ0v) is 9.85. The molecule has 0 spiro atoms. The van der Waals surface area contributed by atoms with Gasteiger partial charge in [0.25, 0.3) is 0 Å². The lowest BCUT2D eigenvalue weighted by molar-refractivity contribution is 0.0686. The highest BCUT2D eigenvalue weighted by Gasteiger charge is 2.18. The van der Waals surface area contributed by atoms with Crippen molar-refractivity contribution in [3.05, 3.63) is 35.9 Å². The molecule has 6 heteroatoms. The van der Waals surface area contributed by atoms with Crippen molar-refractivity contribution in [2.75, 3.05) is 7.11 Å². The van der Waals surface area contributed by atoms with Crippen LogP contribution in [0, 0.1) is 5.82 Å². The zero-order chi connectivity index (χ0) is 13.3. The SMILES string of the molecule is COc1ccc(-c2cnn(C)c2C(=O)O)cc1F. The quantitative estimate of drug-likeness (QED) is 0.904. The van der Waals surface area contributed by atoms with E-state index in [1.807, 2.05) is 0 Å². The number of hydrogen-bond acceptors (Lipinski definition) is 3. The predicted octanol–water partition coefficient (Wildman–Crippen LogP) is 1.93. The van der Waals surface area contributed by atoms with Crippen LogP contribution in [-0.4, -0.2) is 28.0 Å². The molecular formula is C12H11FN2O3. The second-order valence-corrected chi connectivity index (χ2v) is 3.68. The summed E-state index contributed by atoms with van der Waals surface area (Å²) in [6.45, 7) is 0. The minimum absolute atomic E-state index is 0.0135. The van der Waals surface area contributed by atoms with E-state index in [1.165, 1.54) is 37.2 Å². The van der Waals surface area contributed by atoms with Crippen molar-refractivity contribution in [3.63, 3.8) is 0 Å². The molecular weight excluding hydrogens is 239 g/mol. The number of carboxylic acid groups (broad SMARTS) is 1. The second-order valence-electron chi connectivity index (χ2n) is 3.68. The summed E-state index contributed by atoms with van der Waals surface area (Å²) >= 11 is 0. The van der Waals surface area contributed by atoms with Gasteiger partial charge in [0.2, 0.25) is 0 Å². The number of carboxylic acids is 1. The van der Waals surface area contributed by atoms with Gasteiger partial charge in [-0.25, -0.2) is 9.18 Å². The lowest BCUT2D eigenvalue weighted by Gasteiger charge is -2.05. The summed E-state index contributed by atoms with van der Waals surface area (Å²) in [5, 5.41) is 13.0. The lowest BCUT2D eigenvalue weighted by atomic mass is 10.1. The van der Waals surface area contributed by atoms with Crippen LogP contribution < -0.4 is 4.74 Å². The average molecular weight is 250 g/mol. The molecule has 18 heavy (non-hydrogen) atoms. The summed E-state index contributed by atoms with van der Waals surface area (Å²) in [4.78, 5) is 11.1. The molecule has 1 heterocycles. The Labute approximate surface area is 102 Å². The Morgan fingerprint density at radius 2 is 2.22 bits per heavy atom. The van der Waals surface area contributed by atoms with Gasteiger partial charge in [0.15, 0.2) is 17.3 Å². The molecule has 0 aliphatic heterocycles. The molecule has 1 N–H and O–H groups in total. The standard InChI is InChI=1S/C12H11FN2O3/c1-15-11(12(16)17)8(6-14-15)7-3-4-10(18-2)9(13)5-7/h3-6H,1-2H3,(H,16,17). The number of nitrogens with zero attached hydrogens (tertiary/aromatic N) is 2. The highest BCUT2D eigenvalue weighted by Crippen LogP contribution is 2.27. The van der Waals surface area contributed by atoms with Crippen molar-refractivity contribution in [2.24, 2.45) is 7.05 Å². The van der Waals surface area contributed by atoms with Crippen LogP contribution in [0.2, 0.25) is 0 Å². The van der Waals surface area contributed by atoms with E-state index in [-0.39, 0.29) is 11.4 Å². The Balaban J connectivity index is 2.56. The summed E-state index contributed by atoms with van der Waals surface area (Å²) in [6, 6.07) is 4.26. The third-order valence-electron chi connectivity index (χ3n) is 2.60. The van der Waals surface area contributed by atoms with Crippen molar-refractivity contribution >= 4 is 5.97 Å². The minimum atomic E-state index is -1.11. The fourth-order valence-electron chi connectivity index (χ4n) is 1.74. The van der Waals surface area contributed by atoms with Crippen molar-refractivity contribution in [2.45, 2.75) is 0 Å². The number of rotatable bonds is 3. The molecule has 0 atom stereocenters. The van der Waals surface area contributed by atoms with Gasteiger partial charge in [-0.3, -0.25) is 4.68 Å². The third-order valence-corrected chi connectivity index (χ3v) is 2.60. The number of benzene rings is 1. The van der Waals surface area contributed by atoms with E-state index in [1.54, 1.807) is 6.07 Å². The molecule has 1 aromatic heterocycles. The monoisotopic (exact) mass is 250 g/mol. The van der Waals surface area contributed by atoms with E-state index >= 15 is 0 Å². The van der Waals surface area contributed by atoms with Crippen LogP contribution in [0.4, 0.5) is 4.39 Å². The Kier molecular flexibility index (Phi) is 3.01. The lowest BCUT2D eigenvalue weighted by Crippen LogP contribution is -2.06. The van der Waals surface area contributed by atoms with Crippen LogP contribution in [0.3, 0.4) is 0 Å². The van der Waals surface area contributed by atoms with E-state index in [9.17, 15) is 9.18 Å². The summed E-state index contributed by atoms with van der Waals surface area (Å²) in [5.74, 6) is -1.55. The third kappa shape index (κ3) is 1.92. The molecule has 0 saturated carbocycles. The molecule has 0 aliphatic carbocycles. The van der Waals surface area contributed by atoms with E-state index < -0.39 is 11.8 Å². The van der Waals surface area contributed by atoms with Gasteiger partial charge in [-0.1, -0.05) is 6.07 Å². The summed E-state index contributed by atoms with van der Waals surface area (Å²) in [7, 11) is 2.89. The van der Waals surface area contributed by atoms with Crippen LogP contribution in [0.25, 0.3) is 11.1 Å². The second kappa shape index (κ2) is 4.48. The number of halogens is 1. The Morgan fingerprint density at radius 3 is 2.78 bits per heavy atom. The average Bonchev–Trinajstić information content (AvgIpc) is 2.71. The number of methoxy groups -OCH3 is 1. The smallest absolute Gasteiger partial charge is 0.354 e. The Morgan fingerprint density at radius 1 is 1.50 bits per heavy atom. The molecule has 0 radical (unpaired) electrons. The number of aromatic carboxylic acids is 1. The molecule has 94 valence electrons. The van der Waals surface area contributed by atoms with Crippen molar-refractivity contribution in [1.29, 1.82) is 0 Å². The van der Waals surface area contributed by atoms with Crippen LogP contribution in [-0.2, 0) is 7.05 Å². The van der Waals surface area contributed by atoms with E-state index in [2.05, 4.69) is 5.10 Å². The predicted molar refractivity (Wildman–Crippen MR) is 62.1 cm³/mol. The van der Waals surface area contributed by atoms with Crippen molar-refractivity contribution in [1.82, 2.24) is 9.78 Å². The van der Waals surface area contributed by atoms with Crippen molar-refractivity contribution < 1.29 is 19.0 Å². The maximum Gasteiger partial charge on any atom is 0.354 e. The maximum absolute atomic E-state index is 13.6. The first kappa shape index (κ1) is 12.1. The maximum atomic E-state index is 13.6. The van der Waals surface area contributed by atoms with Gasteiger partial charge in [0.1, 0.15) is 0 Å². The molecule has 5 nitrogen and oxygen atoms in total. The van der Waals surface area contributed by atoms with Crippen LogP contribution in [0.15, 0.2) is 24.4 Å². The summed E-state index contributed by atoms with van der Waals surface area (Å²) in [6.07, 6.45) is 1.39. The Hall–Kier alpha value is -2.37. The topological polar surface area (TPSA) is 64.4 Å². The molecule has 0 bridgehead atoms. The first-order valence-corrected chi connectivity index (χ1v) is 5.13. The molecule has 2 aromatic rings.